The molecular weight excluding hydrogens is 322 g/mol. The van der Waals surface area contributed by atoms with E-state index in [2.05, 4.69) is 42.2 Å². The Balaban J connectivity index is 0.000000355. The van der Waals surface area contributed by atoms with Crippen molar-refractivity contribution in [3.05, 3.63) is 64.9 Å². The lowest BCUT2D eigenvalue weighted by molar-refractivity contribution is 0.448. The predicted octanol–water partition coefficient (Wildman–Crippen LogP) is 5.12. The lowest BCUT2D eigenvalue weighted by Gasteiger charge is -2.23. The molecule has 3 aromatic rings. The summed E-state index contributed by atoms with van der Waals surface area (Å²) >= 11 is 5.91. The van der Waals surface area contributed by atoms with Crippen molar-refractivity contribution < 1.29 is 5.11 Å². The molecule has 3 rings (SSSR count). The minimum absolute atomic E-state index is 0.0860. The standard InChI is InChI=1S/C17H19ClO.C2H3N3/c1-11-9-14(12-5-7-13(18)8-6-12)16(19)15(10-11)17(2,3)4;1-2-4-5-3-1/h5-10,19H,1-4H3;1-2H,(H,3,4,5). The summed E-state index contributed by atoms with van der Waals surface area (Å²) in [5.74, 6) is 0.362. The van der Waals surface area contributed by atoms with Crippen molar-refractivity contribution >= 4 is 11.6 Å². The Morgan fingerprint density at radius 2 is 1.58 bits per heavy atom. The van der Waals surface area contributed by atoms with Crippen LogP contribution in [0.1, 0.15) is 31.9 Å². The van der Waals surface area contributed by atoms with Gasteiger partial charge in [0, 0.05) is 16.1 Å². The number of hydrogen-bond donors (Lipinski definition) is 2. The van der Waals surface area contributed by atoms with Crippen molar-refractivity contribution in [2.45, 2.75) is 33.1 Å². The number of aromatic nitrogens is 3. The van der Waals surface area contributed by atoms with E-state index in [1.54, 1.807) is 12.4 Å². The highest BCUT2D eigenvalue weighted by molar-refractivity contribution is 6.30. The second-order valence-corrected chi connectivity index (χ2v) is 7.06. The maximum atomic E-state index is 10.5. The van der Waals surface area contributed by atoms with Crippen LogP contribution in [0, 0.1) is 6.92 Å². The Hall–Kier alpha value is -2.33. The van der Waals surface area contributed by atoms with Gasteiger partial charge < -0.3 is 5.11 Å². The number of H-pyrrole nitrogens is 1. The van der Waals surface area contributed by atoms with Crippen LogP contribution in [0.25, 0.3) is 11.1 Å². The van der Waals surface area contributed by atoms with Gasteiger partial charge in [0.15, 0.2) is 0 Å². The Labute approximate surface area is 147 Å². The Morgan fingerprint density at radius 1 is 1.00 bits per heavy atom. The second-order valence-electron chi connectivity index (χ2n) is 6.62. The number of hydrogen-bond acceptors (Lipinski definition) is 3. The molecule has 0 aliphatic heterocycles. The topological polar surface area (TPSA) is 61.8 Å². The summed E-state index contributed by atoms with van der Waals surface area (Å²) in [5, 5.41) is 20.6. The number of aromatic amines is 1. The van der Waals surface area contributed by atoms with Crippen molar-refractivity contribution in [3.63, 3.8) is 0 Å². The van der Waals surface area contributed by atoms with Crippen LogP contribution in [-0.4, -0.2) is 20.5 Å². The fraction of sp³-hybridized carbons (Fsp3) is 0.263. The molecule has 24 heavy (non-hydrogen) atoms. The van der Waals surface area contributed by atoms with E-state index in [4.69, 9.17) is 11.6 Å². The molecule has 0 fully saturated rings. The highest BCUT2D eigenvalue weighted by Crippen LogP contribution is 2.39. The number of benzene rings is 2. The fourth-order valence-electron chi connectivity index (χ4n) is 2.37. The average Bonchev–Trinajstić information content (AvgIpc) is 3.09. The maximum absolute atomic E-state index is 10.5. The van der Waals surface area contributed by atoms with Crippen molar-refractivity contribution in [1.82, 2.24) is 15.4 Å². The van der Waals surface area contributed by atoms with Gasteiger partial charge in [-0.2, -0.15) is 15.4 Å². The molecule has 0 bridgehead atoms. The zero-order valence-corrected chi connectivity index (χ0v) is 15.1. The van der Waals surface area contributed by atoms with Crippen LogP contribution in [0.5, 0.6) is 5.75 Å². The van der Waals surface area contributed by atoms with Crippen molar-refractivity contribution in [1.29, 1.82) is 0 Å². The fourth-order valence-corrected chi connectivity index (χ4v) is 2.49. The maximum Gasteiger partial charge on any atom is 0.127 e. The number of nitrogens with one attached hydrogen (secondary N) is 1. The molecular formula is C19H22ClN3O. The molecule has 0 spiro atoms. The van der Waals surface area contributed by atoms with Crippen molar-refractivity contribution in [2.75, 3.05) is 0 Å². The molecule has 2 N–H and O–H groups in total. The normalized spacial score (nSPS) is 10.9. The van der Waals surface area contributed by atoms with Gasteiger partial charge in [-0.05, 0) is 41.7 Å². The van der Waals surface area contributed by atoms with Gasteiger partial charge in [-0.1, -0.05) is 50.6 Å². The van der Waals surface area contributed by atoms with Gasteiger partial charge in [0.25, 0.3) is 0 Å². The minimum atomic E-state index is -0.0860. The number of phenols is 1. The first-order valence-corrected chi connectivity index (χ1v) is 8.06. The monoisotopic (exact) mass is 343 g/mol. The molecule has 0 amide bonds. The molecule has 0 atom stereocenters. The van der Waals surface area contributed by atoms with E-state index >= 15 is 0 Å². The van der Waals surface area contributed by atoms with Crippen LogP contribution in [0.4, 0.5) is 0 Å². The number of aryl methyl sites for hydroxylation is 1. The molecule has 2 aromatic carbocycles. The predicted molar refractivity (Wildman–Crippen MR) is 98.4 cm³/mol. The zero-order chi connectivity index (χ0) is 17.7. The quantitative estimate of drug-likeness (QED) is 0.644. The van der Waals surface area contributed by atoms with E-state index in [-0.39, 0.29) is 5.41 Å². The van der Waals surface area contributed by atoms with E-state index < -0.39 is 0 Å². The Bertz CT molecular complexity index is 758. The third-order valence-electron chi connectivity index (χ3n) is 3.55. The van der Waals surface area contributed by atoms with Gasteiger partial charge in [0.05, 0.1) is 12.4 Å². The smallest absolute Gasteiger partial charge is 0.127 e. The first-order chi connectivity index (χ1) is 11.3. The number of halogens is 1. The van der Waals surface area contributed by atoms with Crippen LogP contribution in [0.2, 0.25) is 5.02 Å². The molecule has 0 unspecified atom stereocenters. The lowest BCUT2D eigenvalue weighted by Crippen LogP contribution is -2.12. The summed E-state index contributed by atoms with van der Waals surface area (Å²) in [7, 11) is 0. The summed E-state index contributed by atoms with van der Waals surface area (Å²) in [6.07, 6.45) is 3.17. The van der Waals surface area contributed by atoms with Crippen molar-refractivity contribution in [2.24, 2.45) is 0 Å². The molecule has 0 radical (unpaired) electrons. The Kier molecular flexibility index (Phi) is 5.62. The largest absolute Gasteiger partial charge is 0.507 e. The van der Waals surface area contributed by atoms with Crippen molar-refractivity contribution in [3.8, 4) is 16.9 Å². The third-order valence-corrected chi connectivity index (χ3v) is 3.80. The molecule has 0 saturated heterocycles. The van der Waals surface area contributed by atoms with E-state index in [1.807, 2.05) is 37.3 Å². The van der Waals surface area contributed by atoms with Gasteiger partial charge >= 0.3 is 0 Å². The van der Waals surface area contributed by atoms with Crippen LogP contribution in [0.15, 0.2) is 48.8 Å². The summed E-state index contributed by atoms with van der Waals surface area (Å²) in [5.41, 5.74) is 3.87. The first-order valence-electron chi connectivity index (χ1n) is 7.69. The third kappa shape index (κ3) is 4.59. The number of nitrogens with zero attached hydrogens (tertiary/aromatic N) is 2. The molecule has 4 nitrogen and oxygen atoms in total. The molecule has 0 aliphatic carbocycles. The van der Waals surface area contributed by atoms with Crippen LogP contribution < -0.4 is 0 Å². The van der Waals surface area contributed by atoms with Crippen LogP contribution >= 0.6 is 11.6 Å². The highest BCUT2D eigenvalue weighted by atomic mass is 35.5. The molecule has 1 aromatic heterocycles. The molecule has 5 heteroatoms. The molecule has 0 aliphatic rings. The molecule has 0 saturated carbocycles. The number of aromatic hydroxyl groups is 1. The van der Waals surface area contributed by atoms with E-state index in [1.165, 1.54) is 0 Å². The van der Waals surface area contributed by atoms with E-state index in [9.17, 15) is 5.11 Å². The molecule has 126 valence electrons. The average molecular weight is 344 g/mol. The lowest BCUT2D eigenvalue weighted by atomic mass is 9.83. The number of phenolic OH excluding ortho intramolecular Hbond substituents is 1. The minimum Gasteiger partial charge on any atom is -0.507 e. The molecule has 1 heterocycles. The van der Waals surface area contributed by atoms with Gasteiger partial charge in [0.2, 0.25) is 0 Å². The van der Waals surface area contributed by atoms with E-state index in [0.29, 0.717) is 10.8 Å². The van der Waals surface area contributed by atoms with Gasteiger partial charge in [-0.3, -0.25) is 0 Å². The summed E-state index contributed by atoms with van der Waals surface area (Å²) < 4.78 is 0. The summed E-state index contributed by atoms with van der Waals surface area (Å²) in [6, 6.07) is 11.6. The zero-order valence-electron chi connectivity index (χ0n) is 14.3. The van der Waals surface area contributed by atoms with Crippen LogP contribution in [-0.2, 0) is 5.41 Å². The SMILES string of the molecule is Cc1cc(-c2ccc(Cl)cc2)c(O)c(C(C)(C)C)c1.c1cn[nH]n1. The van der Waals surface area contributed by atoms with Gasteiger partial charge in [-0.15, -0.1) is 0 Å². The second kappa shape index (κ2) is 7.49. The Morgan fingerprint density at radius 3 is 2.04 bits per heavy atom. The summed E-state index contributed by atoms with van der Waals surface area (Å²) in [4.78, 5) is 0. The van der Waals surface area contributed by atoms with Gasteiger partial charge in [0.1, 0.15) is 5.75 Å². The van der Waals surface area contributed by atoms with Gasteiger partial charge in [-0.25, -0.2) is 0 Å². The van der Waals surface area contributed by atoms with E-state index in [0.717, 1.165) is 22.3 Å². The first kappa shape index (κ1) is 18.0. The van der Waals surface area contributed by atoms with Crippen LogP contribution in [0.3, 0.4) is 0 Å². The summed E-state index contributed by atoms with van der Waals surface area (Å²) in [6.45, 7) is 8.36. The number of rotatable bonds is 1. The highest BCUT2D eigenvalue weighted by Gasteiger charge is 2.21.